The molecule has 0 saturated heterocycles. The van der Waals surface area contributed by atoms with Crippen molar-refractivity contribution in [3.05, 3.63) is 15.6 Å². The lowest BCUT2D eigenvalue weighted by atomic mass is 10.2. The minimum Gasteiger partial charge on any atom is -0.393 e. The van der Waals surface area contributed by atoms with Gasteiger partial charge in [-0.1, -0.05) is 0 Å². The van der Waals surface area contributed by atoms with Crippen LogP contribution in [-0.4, -0.2) is 29.4 Å². The van der Waals surface area contributed by atoms with Gasteiger partial charge < -0.3 is 9.84 Å². The molecule has 1 aromatic heterocycles. The molecule has 0 fully saturated rings. The number of aromatic nitrogens is 1. The number of aliphatic hydroxyl groups excluding tert-OH is 1. The van der Waals surface area contributed by atoms with E-state index in [4.69, 9.17) is 4.74 Å². The molecule has 0 aliphatic carbocycles. The van der Waals surface area contributed by atoms with Crippen LogP contribution < -0.4 is 0 Å². The van der Waals surface area contributed by atoms with E-state index < -0.39 is 0 Å². The number of hydrogen-bond donors (Lipinski definition) is 1. The van der Waals surface area contributed by atoms with Crippen LogP contribution in [0.1, 0.15) is 28.9 Å². The van der Waals surface area contributed by atoms with Crippen LogP contribution in [0.4, 0.5) is 0 Å². The van der Waals surface area contributed by atoms with Gasteiger partial charge in [-0.3, -0.25) is 0 Å². The van der Waals surface area contributed by atoms with E-state index >= 15 is 0 Å². The maximum absolute atomic E-state index is 9.72. The molecule has 0 radical (unpaired) electrons. The van der Waals surface area contributed by atoms with E-state index in [1.54, 1.807) is 11.3 Å². The second-order valence-electron chi connectivity index (χ2n) is 3.59. The Kier molecular flexibility index (Phi) is 5.22. The number of rotatable bonds is 6. The van der Waals surface area contributed by atoms with E-state index in [1.165, 1.54) is 4.88 Å². The lowest BCUT2D eigenvalue weighted by Gasteiger charge is -2.07. The molecule has 0 spiro atoms. The van der Waals surface area contributed by atoms with Crippen LogP contribution in [-0.2, 0) is 11.2 Å². The Bertz CT molecular complexity index is 279. The largest absolute Gasteiger partial charge is 0.393 e. The highest BCUT2D eigenvalue weighted by molar-refractivity contribution is 7.11. The van der Waals surface area contributed by atoms with Gasteiger partial charge in [0.1, 0.15) is 0 Å². The van der Waals surface area contributed by atoms with Gasteiger partial charge in [0.25, 0.3) is 0 Å². The molecule has 1 atom stereocenters. The van der Waals surface area contributed by atoms with Crippen LogP contribution in [0.25, 0.3) is 0 Å². The summed E-state index contributed by atoms with van der Waals surface area (Å²) in [4.78, 5) is 5.63. The van der Waals surface area contributed by atoms with Crippen LogP contribution in [0.15, 0.2) is 0 Å². The highest BCUT2D eigenvalue weighted by atomic mass is 32.1. The van der Waals surface area contributed by atoms with E-state index in [1.807, 2.05) is 13.8 Å². The minimum atomic E-state index is -0.332. The Morgan fingerprint density at radius 2 is 2.20 bits per heavy atom. The molecule has 4 heteroatoms. The zero-order valence-corrected chi connectivity index (χ0v) is 10.4. The van der Waals surface area contributed by atoms with Crippen molar-refractivity contribution in [1.82, 2.24) is 4.98 Å². The first kappa shape index (κ1) is 12.6. The third-order valence-corrected chi connectivity index (χ3v) is 3.38. The molecule has 1 N–H and O–H groups in total. The average molecular weight is 229 g/mol. The maximum atomic E-state index is 9.72. The number of nitrogens with zero attached hydrogens (tertiary/aromatic N) is 1. The van der Waals surface area contributed by atoms with E-state index in [0.29, 0.717) is 26.1 Å². The summed E-state index contributed by atoms with van der Waals surface area (Å²) in [6.45, 7) is 7.36. The Morgan fingerprint density at radius 3 is 2.73 bits per heavy atom. The van der Waals surface area contributed by atoms with Crippen molar-refractivity contribution in [2.75, 3.05) is 13.2 Å². The smallest absolute Gasteiger partial charge is 0.0956 e. The Morgan fingerprint density at radius 1 is 1.47 bits per heavy atom. The molecule has 15 heavy (non-hydrogen) atoms. The normalized spacial score (nSPS) is 13.1. The van der Waals surface area contributed by atoms with Crippen molar-refractivity contribution in [2.45, 2.75) is 39.7 Å². The third-order valence-electron chi connectivity index (χ3n) is 2.28. The summed E-state index contributed by atoms with van der Waals surface area (Å²) in [6.07, 6.45) is 0.999. The standard InChI is InChI=1S/C11H19NO2S/c1-4-14-6-5-10(13)7-11-12-8(2)9(3)15-11/h10,13H,4-7H2,1-3H3. The first-order valence-electron chi connectivity index (χ1n) is 5.32. The summed E-state index contributed by atoms with van der Waals surface area (Å²) >= 11 is 1.67. The lowest BCUT2D eigenvalue weighted by molar-refractivity contribution is 0.0887. The third kappa shape index (κ3) is 4.28. The maximum Gasteiger partial charge on any atom is 0.0956 e. The molecular weight excluding hydrogens is 210 g/mol. The molecule has 1 aromatic rings. The van der Waals surface area contributed by atoms with Crippen molar-refractivity contribution in [3.63, 3.8) is 0 Å². The SMILES string of the molecule is CCOCCC(O)Cc1nc(C)c(C)s1. The molecule has 0 aromatic carbocycles. The van der Waals surface area contributed by atoms with Crippen LogP contribution >= 0.6 is 11.3 Å². The van der Waals surface area contributed by atoms with Gasteiger partial charge in [0.15, 0.2) is 0 Å². The summed E-state index contributed by atoms with van der Waals surface area (Å²) in [7, 11) is 0. The van der Waals surface area contributed by atoms with E-state index in [2.05, 4.69) is 11.9 Å². The summed E-state index contributed by atoms with van der Waals surface area (Å²) in [5.74, 6) is 0. The van der Waals surface area contributed by atoms with Crippen molar-refractivity contribution in [1.29, 1.82) is 0 Å². The van der Waals surface area contributed by atoms with Crippen molar-refractivity contribution in [3.8, 4) is 0 Å². The highest BCUT2D eigenvalue weighted by Gasteiger charge is 2.09. The fourth-order valence-electron chi connectivity index (χ4n) is 1.29. The predicted octanol–water partition coefficient (Wildman–Crippen LogP) is 2.09. The number of aliphatic hydroxyl groups is 1. The predicted molar refractivity (Wildman–Crippen MR) is 62.4 cm³/mol. The first-order chi connectivity index (χ1) is 7.13. The molecule has 3 nitrogen and oxygen atoms in total. The fraction of sp³-hybridized carbons (Fsp3) is 0.727. The van der Waals surface area contributed by atoms with Crippen LogP contribution in [0.3, 0.4) is 0 Å². The summed E-state index contributed by atoms with van der Waals surface area (Å²) < 4.78 is 5.19. The number of ether oxygens (including phenoxy) is 1. The zero-order valence-electron chi connectivity index (χ0n) is 9.62. The Balaban J connectivity index is 2.34. The Labute approximate surface area is 95.1 Å². The molecule has 1 heterocycles. The van der Waals surface area contributed by atoms with Gasteiger partial charge in [0.05, 0.1) is 16.8 Å². The fourth-order valence-corrected chi connectivity index (χ4v) is 2.30. The molecule has 0 aliphatic heterocycles. The van der Waals surface area contributed by atoms with Gasteiger partial charge >= 0.3 is 0 Å². The molecule has 1 unspecified atom stereocenters. The quantitative estimate of drug-likeness (QED) is 0.760. The van der Waals surface area contributed by atoms with Gasteiger partial charge in [-0.15, -0.1) is 11.3 Å². The van der Waals surface area contributed by atoms with Gasteiger partial charge in [0, 0.05) is 24.5 Å². The van der Waals surface area contributed by atoms with Gasteiger partial charge in [-0.2, -0.15) is 0 Å². The number of aryl methyl sites for hydroxylation is 2. The molecule has 1 rings (SSSR count). The molecule has 86 valence electrons. The minimum absolute atomic E-state index is 0.332. The lowest BCUT2D eigenvalue weighted by Crippen LogP contribution is -2.13. The zero-order chi connectivity index (χ0) is 11.3. The summed E-state index contributed by atoms with van der Waals surface area (Å²) in [5.41, 5.74) is 1.08. The van der Waals surface area contributed by atoms with E-state index in [0.717, 1.165) is 10.7 Å². The van der Waals surface area contributed by atoms with Crippen molar-refractivity contribution >= 4 is 11.3 Å². The number of hydrogen-bond acceptors (Lipinski definition) is 4. The van der Waals surface area contributed by atoms with Crippen molar-refractivity contribution < 1.29 is 9.84 Å². The topological polar surface area (TPSA) is 42.4 Å². The highest BCUT2D eigenvalue weighted by Crippen LogP contribution is 2.18. The van der Waals surface area contributed by atoms with Crippen LogP contribution in [0, 0.1) is 13.8 Å². The molecular formula is C11H19NO2S. The summed E-state index contributed by atoms with van der Waals surface area (Å²) in [6, 6.07) is 0. The molecule has 0 aliphatic rings. The molecule has 0 amide bonds. The Hall–Kier alpha value is -0.450. The van der Waals surface area contributed by atoms with Crippen LogP contribution in [0.5, 0.6) is 0 Å². The molecule has 0 bridgehead atoms. The second-order valence-corrected chi connectivity index (χ2v) is 4.88. The van der Waals surface area contributed by atoms with Crippen LogP contribution in [0.2, 0.25) is 0 Å². The average Bonchev–Trinajstić information content (AvgIpc) is 2.46. The van der Waals surface area contributed by atoms with Gasteiger partial charge in [0.2, 0.25) is 0 Å². The van der Waals surface area contributed by atoms with E-state index in [-0.39, 0.29) is 6.10 Å². The monoisotopic (exact) mass is 229 g/mol. The molecule has 0 saturated carbocycles. The second kappa shape index (κ2) is 6.20. The van der Waals surface area contributed by atoms with E-state index in [9.17, 15) is 5.11 Å². The van der Waals surface area contributed by atoms with Gasteiger partial charge in [-0.25, -0.2) is 4.98 Å². The number of thiazole rings is 1. The van der Waals surface area contributed by atoms with Crippen molar-refractivity contribution in [2.24, 2.45) is 0 Å². The van der Waals surface area contributed by atoms with Gasteiger partial charge in [-0.05, 0) is 27.2 Å². The summed E-state index contributed by atoms with van der Waals surface area (Å²) in [5, 5.41) is 10.7. The first-order valence-corrected chi connectivity index (χ1v) is 6.13.